The SMILES string of the molecule is CCCC(=O)N(Cc1cccc(OC)c1)[C@@H](C)C(=O)NC(C)(C)C. The molecule has 2 amide bonds. The Bertz CT molecular complexity index is 564. The number of nitrogens with one attached hydrogen (secondary N) is 1. The molecule has 0 saturated carbocycles. The first-order valence-electron chi connectivity index (χ1n) is 8.42. The third-order valence-corrected chi connectivity index (χ3v) is 3.62. The zero-order valence-corrected chi connectivity index (χ0v) is 15.7. The number of carbonyl (C=O) groups is 2. The third-order valence-electron chi connectivity index (χ3n) is 3.62. The second-order valence-electron chi connectivity index (χ2n) is 7.04. The number of benzene rings is 1. The van der Waals surface area contributed by atoms with E-state index >= 15 is 0 Å². The highest BCUT2D eigenvalue weighted by Gasteiger charge is 2.27. The number of hydrogen-bond donors (Lipinski definition) is 1. The first-order valence-corrected chi connectivity index (χ1v) is 8.42. The van der Waals surface area contributed by atoms with E-state index in [9.17, 15) is 9.59 Å². The number of ether oxygens (including phenoxy) is 1. The number of rotatable bonds is 7. The average molecular weight is 334 g/mol. The first kappa shape index (κ1) is 20.0. The molecule has 0 aliphatic rings. The number of amides is 2. The lowest BCUT2D eigenvalue weighted by Crippen LogP contribution is -2.52. The Kier molecular flexibility index (Phi) is 7.26. The van der Waals surface area contributed by atoms with Crippen LogP contribution >= 0.6 is 0 Å². The number of hydrogen-bond acceptors (Lipinski definition) is 3. The summed E-state index contributed by atoms with van der Waals surface area (Å²) in [5, 5.41) is 2.95. The van der Waals surface area contributed by atoms with Gasteiger partial charge in [0.1, 0.15) is 11.8 Å². The molecule has 5 nitrogen and oxygen atoms in total. The fourth-order valence-corrected chi connectivity index (χ4v) is 2.38. The summed E-state index contributed by atoms with van der Waals surface area (Å²) in [6.07, 6.45) is 1.18. The van der Waals surface area contributed by atoms with Crippen molar-refractivity contribution in [2.75, 3.05) is 7.11 Å². The van der Waals surface area contributed by atoms with Crippen LogP contribution < -0.4 is 10.1 Å². The molecular weight excluding hydrogens is 304 g/mol. The van der Waals surface area contributed by atoms with E-state index in [1.54, 1.807) is 18.9 Å². The Morgan fingerprint density at radius 1 is 1.29 bits per heavy atom. The molecule has 0 unspecified atom stereocenters. The van der Waals surface area contributed by atoms with Gasteiger partial charge in [0.05, 0.1) is 7.11 Å². The Labute approximate surface area is 145 Å². The normalized spacial score (nSPS) is 12.4. The zero-order chi connectivity index (χ0) is 18.3. The summed E-state index contributed by atoms with van der Waals surface area (Å²) in [6, 6.07) is 7.03. The van der Waals surface area contributed by atoms with Gasteiger partial charge >= 0.3 is 0 Å². The van der Waals surface area contributed by atoms with Gasteiger partial charge in [-0.1, -0.05) is 19.1 Å². The summed E-state index contributed by atoms with van der Waals surface area (Å²) in [4.78, 5) is 26.7. The molecule has 0 aromatic heterocycles. The molecule has 0 radical (unpaired) electrons. The monoisotopic (exact) mass is 334 g/mol. The molecule has 0 fully saturated rings. The predicted octanol–water partition coefficient (Wildman–Crippen LogP) is 3.13. The van der Waals surface area contributed by atoms with Gasteiger partial charge in [0.15, 0.2) is 0 Å². The zero-order valence-electron chi connectivity index (χ0n) is 15.7. The van der Waals surface area contributed by atoms with Gasteiger partial charge in [-0.25, -0.2) is 0 Å². The van der Waals surface area contributed by atoms with Crippen molar-refractivity contribution in [2.45, 2.75) is 65.6 Å². The molecule has 134 valence electrons. The minimum Gasteiger partial charge on any atom is -0.497 e. The first-order chi connectivity index (χ1) is 11.2. The second kappa shape index (κ2) is 8.71. The van der Waals surface area contributed by atoms with Gasteiger partial charge in [-0.15, -0.1) is 0 Å². The van der Waals surface area contributed by atoms with Crippen molar-refractivity contribution in [3.63, 3.8) is 0 Å². The maximum absolute atomic E-state index is 12.5. The predicted molar refractivity (Wildman–Crippen MR) is 95.8 cm³/mol. The molecule has 0 heterocycles. The van der Waals surface area contributed by atoms with Crippen LogP contribution in [0.5, 0.6) is 5.75 Å². The van der Waals surface area contributed by atoms with Crippen molar-refractivity contribution in [1.82, 2.24) is 10.2 Å². The lowest BCUT2D eigenvalue weighted by molar-refractivity contribution is -0.141. The van der Waals surface area contributed by atoms with Crippen LogP contribution in [-0.4, -0.2) is 35.4 Å². The maximum Gasteiger partial charge on any atom is 0.242 e. The van der Waals surface area contributed by atoms with Crippen LogP contribution in [0.15, 0.2) is 24.3 Å². The van der Waals surface area contributed by atoms with Crippen molar-refractivity contribution in [3.8, 4) is 5.75 Å². The highest BCUT2D eigenvalue weighted by molar-refractivity contribution is 5.87. The van der Waals surface area contributed by atoms with Crippen LogP contribution in [0.3, 0.4) is 0 Å². The van der Waals surface area contributed by atoms with Crippen LogP contribution in [0.2, 0.25) is 0 Å². The van der Waals surface area contributed by atoms with Crippen LogP contribution in [0, 0.1) is 0 Å². The summed E-state index contributed by atoms with van der Waals surface area (Å²) >= 11 is 0. The number of carbonyl (C=O) groups excluding carboxylic acids is 2. The molecule has 0 saturated heterocycles. The Morgan fingerprint density at radius 3 is 2.50 bits per heavy atom. The molecule has 0 aliphatic heterocycles. The Morgan fingerprint density at radius 2 is 1.96 bits per heavy atom. The second-order valence-corrected chi connectivity index (χ2v) is 7.04. The standard InChI is InChI=1S/C19H30N2O3/c1-7-9-17(22)21(14(2)18(23)20-19(3,4)5)13-15-10-8-11-16(12-15)24-6/h8,10-12,14H,7,9,13H2,1-6H3,(H,20,23)/t14-/m0/s1. The Hall–Kier alpha value is -2.04. The van der Waals surface area contributed by atoms with Crippen LogP contribution in [0.1, 0.15) is 53.0 Å². The van der Waals surface area contributed by atoms with Gasteiger partial charge < -0.3 is 15.0 Å². The summed E-state index contributed by atoms with van der Waals surface area (Å²) in [5.74, 6) is 0.578. The van der Waals surface area contributed by atoms with Gasteiger partial charge in [-0.3, -0.25) is 9.59 Å². The molecule has 0 bridgehead atoms. The summed E-state index contributed by atoms with van der Waals surface area (Å²) in [5.41, 5.74) is 0.607. The topological polar surface area (TPSA) is 58.6 Å². The van der Waals surface area contributed by atoms with Crippen molar-refractivity contribution < 1.29 is 14.3 Å². The van der Waals surface area contributed by atoms with Gasteiger partial charge in [0.2, 0.25) is 11.8 Å². The summed E-state index contributed by atoms with van der Waals surface area (Å²) < 4.78 is 5.24. The molecule has 1 N–H and O–H groups in total. The van der Waals surface area contributed by atoms with Crippen LogP contribution in [-0.2, 0) is 16.1 Å². The number of nitrogens with zero attached hydrogens (tertiary/aromatic N) is 1. The number of methoxy groups -OCH3 is 1. The molecule has 1 rings (SSSR count). The average Bonchev–Trinajstić information content (AvgIpc) is 2.50. The molecule has 24 heavy (non-hydrogen) atoms. The summed E-state index contributed by atoms with van der Waals surface area (Å²) in [6.45, 7) is 9.90. The minimum absolute atomic E-state index is 0.0168. The molecule has 1 aromatic carbocycles. The minimum atomic E-state index is -0.533. The van der Waals surface area contributed by atoms with E-state index in [4.69, 9.17) is 4.74 Å². The van der Waals surface area contributed by atoms with Crippen molar-refractivity contribution in [1.29, 1.82) is 0 Å². The van der Waals surface area contributed by atoms with E-state index in [1.807, 2.05) is 52.0 Å². The van der Waals surface area contributed by atoms with Crippen molar-refractivity contribution in [3.05, 3.63) is 29.8 Å². The molecule has 1 aromatic rings. The maximum atomic E-state index is 12.5. The lowest BCUT2D eigenvalue weighted by Gasteiger charge is -2.31. The van der Waals surface area contributed by atoms with Gasteiger partial charge in [0, 0.05) is 18.5 Å². The highest BCUT2D eigenvalue weighted by atomic mass is 16.5. The Balaban J connectivity index is 2.98. The lowest BCUT2D eigenvalue weighted by atomic mass is 10.1. The highest BCUT2D eigenvalue weighted by Crippen LogP contribution is 2.17. The molecule has 0 spiro atoms. The van der Waals surface area contributed by atoms with Crippen molar-refractivity contribution >= 4 is 11.8 Å². The fourth-order valence-electron chi connectivity index (χ4n) is 2.38. The van der Waals surface area contributed by atoms with E-state index < -0.39 is 6.04 Å². The van der Waals surface area contributed by atoms with E-state index in [0.717, 1.165) is 17.7 Å². The summed E-state index contributed by atoms with van der Waals surface area (Å²) in [7, 11) is 1.61. The van der Waals surface area contributed by atoms with E-state index in [2.05, 4.69) is 5.32 Å². The third kappa shape index (κ3) is 6.22. The molecule has 0 aliphatic carbocycles. The van der Waals surface area contributed by atoms with Crippen LogP contribution in [0.4, 0.5) is 0 Å². The van der Waals surface area contributed by atoms with E-state index in [1.165, 1.54) is 0 Å². The van der Waals surface area contributed by atoms with Gasteiger partial charge in [0.25, 0.3) is 0 Å². The smallest absolute Gasteiger partial charge is 0.242 e. The molecule has 5 heteroatoms. The fraction of sp³-hybridized carbons (Fsp3) is 0.579. The van der Waals surface area contributed by atoms with Gasteiger partial charge in [-0.05, 0) is 51.8 Å². The van der Waals surface area contributed by atoms with Crippen molar-refractivity contribution in [2.24, 2.45) is 0 Å². The molecular formula is C19H30N2O3. The van der Waals surface area contributed by atoms with E-state index in [0.29, 0.717) is 13.0 Å². The van der Waals surface area contributed by atoms with E-state index in [-0.39, 0.29) is 17.4 Å². The largest absolute Gasteiger partial charge is 0.497 e. The quantitative estimate of drug-likeness (QED) is 0.833. The van der Waals surface area contributed by atoms with Gasteiger partial charge in [-0.2, -0.15) is 0 Å². The molecule has 1 atom stereocenters. The van der Waals surface area contributed by atoms with Crippen LogP contribution in [0.25, 0.3) is 0 Å².